The van der Waals surface area contributed by atoms with E-state index < -0.39 is 10.0 Å². The summed E-state index contributed by atoms with van der Waals surface area (Å²) in [6, 6.07) is 6.07. The summed E-state index contributed by atoms with van der Waals surface area (Å²) in [5, 5.41) is 3.41. The third-order valence-corrected chi connectivity index (χ3v) is 6.26. The summed E-state index contributed by atoms with van der Waals surface area (Å²) in [5.41, 5.74) is 0. The maximum absolute atomic E-state index is 12.4. The summed E-state index contributed by atoms with van der Waals surface area (Å²) >= 11 is 5.77. The van der Waals surface area contributed by atoms with Crippen LogP contribution in [0.25, 0.3) is 0 Å². The first-order valence-corrected chi connectivity index (χ1v) is 9.62. The normalized spacial score (nSPS) is 22.1. The highest BCUT2D eigenvalue weighted by Gasteiger charge is 2.25. The number of sulfonamides is 1. The Labute approximate surface area is 143 Å². The van der Waals surface area contributed by atoms with Gasteiger partial charge in [0.1, 0.15) is 0 Å². The molecule has 1 saturated carbocycles. The van der Waals surface area contributed by atoms with Crippen LogP contribution in [0.4, 0.5) is 0 Å². The number of carbonyl (C=O) groups excluding carboxylic acids is 1. The highest BCUT2D eigenvalue weighted by molar-refractivity contribution is 7.89. The fourth-order valence-electron chi connectivity index (χ4n) is 2.91. The molecule has 0 radical (unpaired) electrons. The molecule has 2 atom stereocenters. The number of likely N-dealkylation sites (N-methyl/N-ethyl adjacent to an activating group) is 1. The van der Waals surface area contributed by atoms with Gasteiger partial charge < -0.3 is 5.32 Å². The summed E-state index contributed by atoms with van der Waals surface area (Å²) in [7, 11) is -2.28. The average molecular weight is 359 g/mol. The van der Waals surface area contributed by atoms with Crippen LogP contribution in [-0.4, -0.2) is 38.3 Å². The van der Waals surface area contributed by atoms with E-state index in [9.17, 15) is 13.2 Å². The van der Waals surface area contributed by atoms with E-state index in [0.29, 0.717) is 10.9 Å². The number of carbonyl (C=O) groups is 1. The van der Waals surface area contributed by atoms with Crippen LogP contribution in [0.3, 0.4) is 0 Å². The Morgan fingerprint density at radius 3 is 2.57 bits per heavy atom. The maximum Gasteiger partial charge on any atom is 0.243 e. The van der Waals surface area contributed by atoms with Crippen LogP contribution >= 0.6 is 11.6 Å². The molecule has 1 fully saturated rings. The van der Waals surface area contributed by atoms with Crippen LogP contribution in [0.1, 0.15) is 32.6 Å². The van der Waals surface area contributed by atoms with E-state index in [1.54, 1.807) is 0 Å². The van der Waals surface area contributed by atoms with E-state index in [4.69, 9.17) is 11.6 Å². The van der Waals surface area contributed by atoms with Crippen LogP contribution in [0.5, 0.6) is 0 Å². The standard InChI is InChI=1S/C16H23ClN2O3S/c1-12-4-3-5-14(10-12)18-16(20)11-19(2)23(21,22)15-8-6-13(17)7-9-15/h6-9,12,14H,3-5,10-11H2,1-2H3,(H,18,20). The number of nitrogens with zero attached hydrogens (tertiary/aromatic N) is 1. The fraction of sp³-hybridized carbons (Fsp3) is 0.562. The van der Waals surface area contributed by atoms with Crippen LogP contribution in [0, 0.1) is 5.92 Å². The maximum atomic E-state index is 12.4. The SMILES string of the molecule is CC1CCCC(NC(=O)CN(C)S(=O)(=O)c2ccc(Cl)cc2)C1. The first kappa shape index (κ1) is 18.2. The molecular weight excluding hydrogens is 336 g/mol. The lowest BCUT2D eigenvalue weighted by Crippen LogP contribution is -2.44. The molecule has 1 aromatic carbocycles. The van der Waals surface area contributed by atoms with E-state index in [1.165, 1.54) is 37.7 Å². The quantitative estimate of drug-likeness (QED) is 0.879. The lowest BCUT2D eigenvalue weighted by atomic mass is 9.87. The minimum absolute atomic E-state index is 0.128. The number of rotatable bonds is 5. The molecule has 1 N–H and O–H groups in total. The number of benzene rings is 1. The summed E-state index contributed by atoms with van der Waals surface area (Å²) in [5.74, 6) is 0.341. The third kappa shape index (κ3) is 4.93. The van der Waals surface area contributed by atoms with Crippen molar-refractivity contribution >= 4 is 27.5 Å². The molecule has 0 aromatic heterocycles. The van der Waals surface area contributed by atoms with Gasteiger partial charge in [-0.2, -0.15) is 4.31 Å². The highest BCUT2D eigenvalue weighted by atomic mass is 35.5. The number of hydrogen-bond donors (Lipinski definition) is 1. The molecule has 128 valence electrons. The fourth-order valence-corrected chi connectivity index (χ4v) is 4.17. The Kier molecular flexibility index (Phi) is 6.06. The first-order valence-electron chi connectivity index (χ1n) is 7.80. The summed E-state index contributed by atoms with van der Waals surface area (Å²) in [6.45, 7) is 1.99. The molecule has 2 rings (SSSR count). The Bertz CT molecular complexity index is 646. The van der Waals surface area contributed by atoms with Crippen molar-refractivity contribution in [2.45, 2.75) is 43.5 Å². The van der Waals surface area contributed by atoms with Crippen molar-refractivity contribution in [1.82, 2.24) is 9.62 Å². The molecule has 0 bridgehead atoms. The molecule has 0 spiro atoms. The van der Waals surface area contributed by atoms with Crippen LogP contribution < -0.4 is 5.32 Å². The Balaban J connectivity index is 1.95. The van der Waals surface area contributed by atoms with Gasteiger partial charge in [-0.05, 0) is 43.0 Å². The van der Waals surface area contributed by atoms with E-state index in [-0.39, 0.29) is 23.4 Å². The molecule has 1 aliphatic carbocycles. The topological polar surface area (TPSA) is 66.5 Å². The van der Waals surface area contributed by atoms with E-state index in [1.807, 2.05) is 0 Å². The zero-order valence-corrected chi connectivity index (χ0v) is 15.0. The molecule has 1 aromatic rings. The van der Waals surface area contributed by atoms with Gasteiger partial charge in [-0.25, -0.2) is 8.42 Å². The van der Waals surface area contributed by atoms with Crippen molar-refractivity contribution in [2.24, 2.45) is 5.92 Å². The minimum atomic E-state index is -3.69. The first-order chi connectivity index (χ1) is 10.8. The van der Waals surface area contributed by atoms with E-state index in [2.05, 4.69) is 12.2 Å². The molecule has 5 nitrogen and oxygen atoms in total. The zero-order valence-electron chi connectivity index (χ0n) is 13.5. The smallest absolute Gasteiger partial charge is 0.243 e. The number of nitrogens with one attached hydrogen (secondary N) is 1. The largest absolute Gasteiger partial charge is 0.352 e. The van der Waals surface area contributed by atoms with Gasteiger partial charge in [-0.1, -0.05) is 31.4 Å². The van der Waals surface area contributed by atoms with Crippen molar-refractivity contribution < 1.29 is 13.2 Å². The molecule has 7 heteroatoms. The molecule has 1 amide bonds. The van der Waals surface area contributed by atoms with Crippen molar-refractivity contribution in [3.05, 3.63) is 29.3 Å². The minimum Gasteiger partial charge on any atom is -0.352 e. The highest BCUT2D eigenvalue weighted by Crippen LogP contribution is 2.23. The number of halogens is 1. The van der Waals surface area contributed by atoms with Crippen LogP contribution in [0.15, 0.2) is 29.2 Å². The second-order valence-electron chi connectivity index (χ2n) is 6.25. The van der Waals surface area contributed by atoms with E-state index in [0.717, 1.165) is 23.6 Å². The molecule has 23 heavy (non-hydrogen) atoms. The molecule has 0 saturated heterocycles. The van der Waals surface area contributed by atoms with Crippen molar-refractivity contribution in [2.75, 3.05) is 13.6 Å². The second kappa shape index (κ2) is 7.64. The summed E-state index contributed by atoms with van der Waals surface area (Å²) < 4.78 is 25.9. The Hall–Kier alpha value is -1.11. The van der Waals surface area contributed by atoms with Gasteiger partial charge >= 0.3 is 0 Å². The number of hydrogen-bond acceptors (Lipinski definition) is 3. The van der Waals surface area contributed by atoms with Gasteiger partial charge in [0, 0.05) is 18.1 Å². The average Bonchev–Trinajstić information content (AvgIpc) is 2.47. The third-order valence-electron chi connectivity index (χ3n) is 4.19. The number of amides is 1. The van der Waals surface area contributed by atoms with E-state index >= 15 is 0 Å². The monoisotopic (exact) mass is 358 g/mol. The Morgan fingerprint density at radius 1 is 1.30 bits per heavy atom. The van der Waals surface area contributed by atoms with Gasteiger partial charge in [0.15, 0.2) is 0 Å². The predicted octanol–water partition coefficient (Wildman–Crippen LogP) is 2.66. The summed E-state index contributed by atoms with van der Waals surface area (Å²) in [4.78, 5) is 12.3. The molecule has 2 unspecified atom stereocenters. The van der Waals surface area contributed by atoms with Gasteiger partial charge in [0.05, 0.1) is 11.4 Å². The summed E-state index contributed by atoms with van der Waals surface area (Å²) in [6.07, 6.45) is 4.21. The van der Waals surface area contributed by atoms with Crippen molar-refractivity contribution in [3.63, 3.8) is 0 Å². The second-order valence-corrected chi connectivity index (χ2v) is 8.73. The molecule has 0 heterocycles. The van der Waals surface area contributed by atoms with Crippen LogP contribution in [0.2, 0.25) is 5.02 Å². The lowest BCUT2D eigenvalue weighted by molar-refractivity contribution is -0.122. The van der Waals surface area contributed by atoms with Crippen molar-refractivity contribution in [1.29, 1.82) is 0 Å². The molecule has 0 aliphatic heterocycles. The molecular formula is C16H23ClN2O3S. The van der Waals surface area contributed by atoms with Gasteiger partial charge in [-0.15, -0.1) is 0 Å². The predicted molar refractivity (Wildman–Crippen MR) is 90.8 cm³/mol. The zero-order chi connectivity index (χ0) is 17.0. The van der Waals surface area contributed by atoms with Crippen LogP contribution in [-0.2, 0) is 14.8 Å². The van der Waals surface area contributed by atoms with Crippen molar-refractivity contribution in [3.8, 4) is 0 Å². The van der Waals surface area contributed by atoms with Gasteiger partial charge in [0.2, 0.25) is 15.9 Å². The van der Waals surface area contributed by atoms with Gasteiger partial charge in [0.25, 0.3) is 0 Å². The van der Waals surface area contributed by atoms with Gasteiger partial charge in [-0.3, -0.25) is 4.79 Å². The molecule has 1 aliphatic rings. The Morgan fingerprint density at radius 2 is 1.96 bits per heavy atom. The lowest BCUT2D eigenvalue weighted by Gasteiger charge is -2.28.